The Balaban J connectivity index is 2.69. The molecule has 0 bridgehead atoms. The molecule has 0 aliphatic rings. The molecular formula is C13H13ClN2O4. The molecule has 0 spiro atoms. The molecule has 0 saturated heterocycles. The van der Waals surface area contributed by atoms with Crippen LogP contribution in [0.4, 0.5) is 0 Å². The first-order valence-corrected chi connectivity index (χ1v) is 6.02. The molecule has 0 aliphatic heterocycles. The molecule has 1 rings (SSSR count). The van der Waals surface area contributed by atoms with E-state index in [9.17, 15) is 14.4 Å². The molecule has 106 valence electrons. The minimum Gasteiger partial charge on any atom is -0.480 e. The molecule has 0 fully saturated rings. The normalized spacial score (nSPS) is 12.1. The quantitative estimate of drug-likeness (QED) is 0.674. The third-order valence-corrected chi connectivity index (χ3v) is 2.68. The van der Waals surface area contributed by atoms with Crippen molar-refractivity contribution in [2.75, 3.05) is 0 Å². The zero-order valence-corrected chi connectivity index (χ0v) is 11.1. The van der Waals surface area contributed by atoms with Gasteiger partial charge in [-0.2, -0.15) is 0 Å². The number of carboxylic acid groups (broad SMARTS) is 1. The van der Waals surface area contributed by atoms with Gasteiger partial charge in [0.15, 0.2) is 0 Å². The van der Waals surface area contributed by atoms with E-state index >= 15 is 0 Å². The molecule has 1 atom stereocenters. The van der Waals surface area contributed by atoms with Crippen LogP contribution in [0.3, 0.4) is 0 Å². The van der Waals surface area contributed by atoms with E-state index < -0.39 is 30.2 Å². The Morgan fingerprint density at radius 3 is 2.55 bits per heavy atom. The van der Waals surface area contributed by atoms with Gasteiger partial charge in [0, 0.05) is 11.1 Å². The van der Waals surface area contributed by atoms with Gasteiger partial charge in [-0.3, -0.25) is 9.59 Å². The molecule has 0 saturated carbocycles. The summed E-state index contributed by atoms with van der Waals surface area (Å²) in [5, 5.41) is 11.5. The summed E-state index contributed by atoms with van der Waals surface area (Å²) in [7, 11) is 0. The number of nitrogens with one attached hydrogen (secondary N) is 1. The molecule has 7 heteroatoms. The topological polar surface area (TPSA) is 109 Å². The van der Waals surface area contributed by atoms with E-state index in [2.05, 4.69) is 5.32 Å². The predicted molar refractivity (Wildman–Crippen MR) is 73.9 cm³/mol. The minimum absolute atomic E-state index is 0.462. The Morgan fingerprint density at radius 1 is 1.35 bits per heavy atom. The van der Waals surface area contributed by atoms with Crippen LogP contribution in [0.25, 0.3) is 6.08 Å². The first kappa shape index (κ1) is 15.7. The van der Waals surface area contributed by atoms with Crippen molar-refractivity contribution in [1.29, 1.82) is 0 Å². The number of hydrogen-bond donors (Lipinski definition) is 3. The summed E-state index contributed by atoms with van der Waals surface area (Å²) in [6, 6.07) is 5.50. The van der Waals surface area contributed by atoms with Crippen molar-refractivity contribution in [3.63, 3.8) is 0 Å². The van der Waals surface area contributed by atoms with Gasteiger partial charge in [0.05, 0.1) is 6.42 Å². The first-order chi connectivity index (χ1) is 9.40. The Morgan fingerprint density at radius 2 is 2.00 bits per heavy atom. The largest absolute Gasteiger partial charge is 0.480 e. The summed E-state index contributed by atoms with van der Waals surface area (Å²) >= 11 is 5.89. The molecule has 0 aromatic heterocycles. The predicted octanol–water partition coefficient (Wildman–Crippen LogP) is 0.798. The van der Waals surface area contributed by atoms with Gasteiger partial charge in [0.2, 0.25) is 11.8 Å². The van der Waals surface area contributed by atoms with E-state index in [0.29, 0.717) is 10.6 Å². The molecule has 2 amide bonds. The summed E-state index contributed by atoms with van der Waals surface area (Å²) in [5.41, 5.74) is 5.52. The van der Waals surface area contributed by atoms with Crippen LogP contribution in [0.15, 0.2) is 30.3 Å². The highest BCUT2D eigenvalue weighted by molar-refractivity contribution is 6.32. The van der Waals surface area contributed by atoms with Crippen molar-refractivity contribution in [2.24, 2.45) is 5.73 Å². The maximum atomic E-state index is 11.6. The number of halogens is 1. The van der Waals surface area contributed by atoms with E-state index in [1.807, 2.05) is 0 Å². The van der Waals surface area contributed by atoms with Crippen molar-refractivity contribution in [2.45, 2.75) is 12.5 Å². The van der Waals surface area contributed by atoms with Crippen LogP contribution < -0.4 is 11.1 Å². The first-order valence-electron chi connectivity index (χ1n) is 5.64. The number of hydrogen-bond acceptors (Lipinski definition) is 3. The summed E-state index contributed by atoms with van der Waals surface area (Å²) in [6.45, 7) is 0. The Hall–Kier alpha value is -2.34. The number of aliphatic carboxylic acids is 1. The van der Waals surface area contributed by atoms with Crippen LogP contribution in [0.2, 0.25) is 5.02 Å². The number of benzene rings is 1. The van der Waals surface area contributed by atoms with Crippen molar-refractivity contribution >= 4 is 35.5 Å². The zero-order chi connectivity index (χ0) is 15.1. The van der Waals surface area contributed by atoms with E-state index in [1.165, 1.54) is 6.08 Å². The fourth-order valence-corrected chi connectivity index (χ4v) is 1.60. The van der Waals surface area contributed by atoms with Gasteiger partial charge in [-0.15, -0.1) is 0 Å². The maximum Gasteiger partial charge on any atom is 0.326 e. The van der Waals surface area contributed by atoms with Gasteiger partial charge < -0.3 is 16.2 Å². The van der Waals surface area contributed by atoms with Crippen LogP contribution in [-0.2, 0) is 14.4 Å². The van der Waals surface area contributed by atoms with Gasteiger partial charge in [-0.05, 0) is 17.7 Å². The zero-order valence-electron chi connectivity index (χ0n) is 10.4. The van der Waals surface area contributed by atoms with Crippen LogP contribution in [0, 0.1) is 0 Å². The maximum absolute atomic E-state index is 11.6. The molecule has 20 heavy (non-hydrogen) atoms. The molecule has 1 aromatic rings. The number of nitrogens with two attached hydrogens (primary N) is 1. The number of carbonyl (C=O) groups is 3. The van der Waals surface area contributed by atoms with Crippen molar-refractivity contribution < 1.29 is 19.5 Å². The minimum atomic E-state index is -1.35. The van der Waals surface area contributed by atoms with Crippen molar-refractivity contribution in [3.05, 3.63) is 40.9 Å². The van der Waals surface area contributed by atoms with Crippen LogP contribution >= 0.6 is 11.6 Å². The van der Waals surface area contributed by atoms with Crippen LogP contribution in [0.5, 0.6) is 0 Å². The van der Waals surface area contributed by atoms with Gasteiger partial charge in [-0.1, -0.05) is 29.8 Å². The van der Waals surface area contributed by atoms with E-state index in [1.54, 1.807) is 24.3 Å². The molecule has 6 nitrogen and oxygen atoms in total. The van der Waals surface area contributed by atoms with Gasteiger partial charge in [0.1, 0.15) is 6.04 Å². The second-order valence-electron chi connectivity index (χ2n) is 3.92. The average molecular weight is 297 g/mol. The molecule has 0 heterocycles. The van der Waals surface area contributed by atoms with Gasteiger partial charge >= 0.3 is 5.97 Å². The van der Waals surface area contributed by atoms with E-state index in [-0.39, 0.29) is 0 Å². The Bertz CT molecular complexity index is 557. The molecule has 0 radical (unpaired) electrons. The smallest absolute Gasteiger partial charge is 0.326 e. The molecule has 4 N–H and O–H groups in total. The molecular weight excluding hydrogens is 284 g/mol. The standard InChI is InChI=1S/C13H13ClN2O4/c14-9-4-2-1-3-8(9)5-6-12(18)16-10(13(19)20)7-11(15)17/h1-6,10H,7H2,(H2,15,17)(H,16,18)(H,19,20)/t10-/m0/s1. The lowest BCUT2D eigenvalue weighted by atomic mass is 10.2. The summed E-state index contributed by atoms with van der Waals surface area (Å²) in [6.07, 6.45) is 2.11. The number of carboxylic acids is 1. The fraction of sp³-hybridized carbons (Fsp3) is 0.154. The highest BCUT2D eigenvalue weighted by Gasteiger charge is 2.20. The van der Waals surface area contributed by atoms with Gasteiger partial charge in [0.25, 0.3) is 0 Å². The number of amides is 2. The summed E-state index contributed by atoms with van der Waals surface area (Å²) < 4.78 is 0. The second kappa shape index (κ2) is 7.30. The number of primary amides is 1. The number of carbonyl (C=O) groups excluding carboxylic acids is 2. The van der Waals surface area contributed by atoms with Crippen molar-refractivity contribution in [3.8, 4) is 0 Å². The summed E-state index contributed by atoms with van der Waals surface area (Å²) in [4.78, 5) is 33.1. The monoisotopic (exact) mass is 296 g/mol. The lowest BCUT2D eigenvalue weighted by molar-refractivity contribution is -0.142. The summed E-state index contributed by atoms with van der Waals surface area (Å²) in [5.74, 6) is -2.80. The van der Waals surface area contributed by atoms with E-state index in [0.717, 1.165) is 6.08 Å². The number of rotatable bonds is 6. The lowest BCUT2D eigenvalue weighted by Crippen LogP contribution is -2.42. The van der Waals surface area contributed by atoms with Gasteiger partial charge in [-0.25, -0.2) is 4.79 Å². The Labute approximate surface area is 120 Å². The average Bonchev–Trinajstić information content (AvgIpc) is 2.36. The highest BCUT2D eigenvalue weighted by atomic mass is 35.5. The second-order valence-corrected chi connectivity index (χ2v) is 4.33. The SMILES string of the molecule is NC(=O)C[C@H](NC(=O)C=Cc1ccccc1Cl)C(=O)O. The van der Waals surface area contributed by atoms with Crippen molar-refractivity contribution in [1.82, 2.24) is 5.32 Å². The van der Waals surface area contributed by atoms with Crippen LogP contribution in [0.1, 0.15) is 12.0 Å². The third-order valence-electron chi connectivity index (χ3n) is 2.34. The third kappa shape index (κ3) is 5.11. The lowest BCUT2D eigenvalue weighted by Gasteiger charge is -2.10. The van der Waals surface area contributed by atoms with E-state index in [4.69, 9.17) is 22.4 Å². The molecule has 0 aliphatic carbocycles. The highest BCUT2D eigenvalue weighted by Crippen LogP contribution is 2.16. The molecule has 0 unspecified atom stereocenters. The molecule has 1 aromatic carbocycles. The fourth-order valence-electron chi connectivity index (χ4n) is 1.40. The van der Waals surface area contributed by atoms with Crippen LogP contribution in [-0.4, -0.2) is 28.9 Å². The Kier molecular flexibility index (Phi) is 5.74.